The minimum absolute atomic E-state index is 0.0219. The molecule has 0 aromatic heterocycles. The Morgan fingerprint density at radius 1 is 0.807 bits per heavy atom. The van der Waals surface area contributed by atoms with Crippen LogP contribution in [0, 0.1) is 0 Å². The zero-order valence-corrected chi connectivity index (χ0v) is 35.4. The Bertz CT molecular complexity index is 1340. The van der Waals surface area contributed by atoms with Gasteiger partial charge in [-0.2, -0.15) is 11.8 Å². The van der Waals surface area contributed by atoms with Gasteiger partial charge in [0, 0.05) is 39.4 Å². The summed E-state index contributed by atoms with van der Waals surface area (Å²) in [6.45, 7) is 4.49. The molecule has 1 saturated heterocycles. The lowest BCUT2D eigenvalue weighted by atomic mass is 10.0. The molecule has 1 heterocycles. The molecule has 0 aromatic rings. The SMILES string of the molecule is CSCC[C@H](NC(=O)[C@@H]1CCCCNC(=O)CCC(=O)NCCCC[C@H](NC(C)=O)C(=O)N[C@@H](CCCCN)C(=O)N[C@@H](CCCCNC(C)=S)C(=O)N1)C(N)=O. The molecule has 0 aliphatic carbocycles. The van der Waals surface area contributed by atoms with Gasteiger partial charge in [-0.25, -0.2) is 0 Å². The molecule has 1 aliphatic rings. The lowest BCUT2D eigenvalue weighted by Crippen LogP contribution is -2.59. The van der Waals surface area contributed by atoms with Crippen LogP contribution in [0.4, 0.5) is 0 Å². The summed E-state index contributed by atoms with van der Waals surface area (Å²) < 4.78 is 0. The summed E-state index contributed by atoms with van der Waals surface area (Å²) in [5.41, 5.74) is 11.3. The number of thiocarbonyl (C=S) groups is 1. The highest BCUT2D eigenvalue weighted by Crippen LogP contribution is 2.11. The van der Waals surface area contributed by atoms with Crippen LogP contribution in [-0.2, 0) is 38.4 Å². The van der Waals surface area contributed by atoms with Crippen molar-refractivity contribution in [3.63, 3.8) is 0 Å². The van der Waals surface area contributed by atoms with Crippen molar-refractivity contribution in [3.8, 4) is 0 Å². The highest BCUT2D eigenvalue weighted by atomic mass is 32.2. The van der Waals surface area contributed by atoms with Crippen molar-refractivity contribution in [1.82, 2.24) is 42.5 Å². The lowest BCUT2D eigenvalue weighted by Gasteiger charge is -2.27. The Labute approximate surface area is 346 Å². The fourth-order valence-electron chi connectivity index (χ4n) is 5.97. The van der Waals surface area contributed by atoms with Crippen molar-refractivity contribution >= 4 is 76.2 Å². The first-order chi connectivity index (χ1) is 27.2. The van der Waals surface area contributed by atoms with Gasteiger partial charge in [-0.3, -0.25) is 38.4 Å². The van der Waals surface area contributed by atoms with Crippen molar-refractivity contribution in [3.05, 3.63) is 0 Å². The van der Waals surface area contributed by atoms with Crippen LogP contribution in [0.15, 0.2) is 0 Å². The largest absolute Gasteiger partial charge is 0.380 e. The number of hydrogen-bond donors (Lipinski definition) is 10. The van der Waals surface area contributed by atoms with E-state index in [9.17, 15) is 38.4 Å². The minimum atomic E-state index is -1.13. The van der Waals surface area contributed by atoms with Crippen LogP contribution in [0.3, 0.4) is 0 Å². The number of hydrogen-bond acceptors (Lipinski definition) is 11. The number of carbonyl (C=O) groups is 8. The Hall–Kier alpha value is -4.04. The fraction of sp³-hybridized carbons (Fsp3) is 0.757. The molecule has 1 aliphatic heterocycles. The zero-order valence-electron chi connectivity index (χ0n) is 33.8. The van der Waals surface area contributed by atoms with Gasteiger partial charge >= 0.3 is 0 Å². The van der Waals surface area contributed by atoms with E-state index in [0.29, 0.717) is 81.7 Å². The third-order valence-electron chi connectivity index (χ3n) is 9.17. The summed E-state index contributed by atoms with van der Waals surface area (Å²) in [6.07, 6.45) is 6.75. The summed E-state index contributed by atoms with van der Waals surface area (Å²) in [6, 6.07) is -5.29. The molecule has 1 rings (SSSR count). The van der Waals surface area contributed by atoms with E-state index in [2.05, 4.69) is 42.5 Å². The monoisotopic (exact) mass is 842 g/mol. The minimum Gasteiger partial charge on any atom is -0.380 e. The summed E-state index contributed by atoms with van der Waals surface area (Å²) in [5.74, 6) is -3.75. The van der Waals surface area contributed by atoms with E-state index in [1.54, 1.807) is 6.92 Å². The Morgan fingerprint density at radius 2 is 1.37 bits per heavy atom. The van der Waals surface area contributed by atoms with E-state index in [4.69, 9.17) is 23.7 Å². The standard InChI is InChI=1S/C37H66N10O8S2/c1-24(48)43-27-13-6-10-21-41-31(49)16-17-32(50)42-22-11-7-15-29(35(53)44-26(33(39)51)18-23-57-3)46-37(55)30(14-5-9-20-40-25(2)56)47-36(54)28(45-34(27)52)12-4-8-19-38/h26-30H,4-23,38H2,1-3H3,(H2,39,51)(H,40,56)(H,41,49)(H,42,50)(H,43,48)(H,44,53)(H,45,52)(H,46,55)(H,47,54)/t26-,27-,28-,29-,30-/m0/s1. The molecule has 18 nitrogen and oxygen atoms in total. The smallest absolute Gasteiger partial charge is 0.243 e. The van der Waals surface area contributed by atoms with Gasteiger partial charge in [-0.15, -0.1) is 0 Å². The maximum absolute atomic E-state index is 14.0. The average Bonchev–Trinajstić information content (AvgIpc) is 3.15. The van der Waals surface area contributed by atoms with Gasteiger partial charge in [0.1, 0.15) is 30.2 Å². The second-order valence-corrected chi connectivity index (χ2v) is 15.7. The van der Waals surface area contributed by atoms with Gasteiger partial charge in [0.15, 0.2) is 0 Å². The molecule has 0 saturated carbocycles. The van der Waals surface area contributed by atoms with E-state index in [1.807, 2.05) is 6.26 Å². The average molecular weight is 843 g/mol. The van der Waals surface area contributed by atoms with Crippen LogP contribution in [0.2, 0.25) is 0 Å². The van der Waals surface area contributed by atoms with Gasteiger partial charge in [0.2, 0.25) is 47.3 Å². The Balaban J connectivity index is 3.49. The first-order valence-corrected chi connectivity index (χ1v) is 21.7. The summed E-state index contributed by atoms with van der Waals surface area (Å²) in [7, 11) is 0. The highest BCUT2D eigenvalue weighted by molar-refractivity contribution is 7.98. The van der Waals surface area contributed by atoms with E-state index in [0.717, 1.165) is 0 Å². The van der Waals surface area contributed by atoms with Crippen molar-refractivity contribution in [2.24, 2.45) is 11.5 Å². The molecule has 0 spiro atoms. The molecule has 5 atom stereocenters. The number of unbranched alkanes of at least 4 members (excludes halogenated alkanes) is 2. The fourth-order valence-corrected chi connectivity index (χ4v) is 6.54. The van der Waals surface area contributed by atoms with Crippen LogP contribution in [0.1, 0.15) is 110 Å². The number of nitrogens with two attached hydrogens (primary N) is 2. The van der Waals surface area contributed by atoms with Gasteiger partial charge in [-0.05, 0) is 109 Å². The highest BCUT2D eigenvalue weighted by Gasteiger charge is 2.32. The number of primary amides is 1. The van der Waals surface area contributed by atoms with E-state index in [1.165, 1.54) is 18.7 Å². The number of carbonyl (C=O) groups excluding carboxylic acids is 8. The molecule has 12 N–H and O–H groups in total. The molecule has 0 aromatic carbocycles. The number of thioether (sulfide) groups is 1. The van der Waals surface area contributed by atoms with Crippen molar-refractivity contribution in [1.29, 1.82) is 0 Å². The normalized spacial score (nSPS) is 21.9. The number of nitrogens with one attached hydrogen (secondary N) is 8. The van der Waals surface area contributed by atoms with Crippen LogP contribution in [0.25, 0.3) is 0 Å². The Morgan fingerprint density at radius 3 is 1.91 bits per heavy atom. The van der Waals surface area contributed by atoms with Crippen LogP contribution >= 0.6 is 24.0 Å². The molecule has 0 radical (unpaired) electrons. The molecular formula is C37H66N10O8S2. The van der Waals surface area contributed by atoms with E-state index >= 15 is 0 Å². The van der Waals surface area contributed by atoms with Crippen molar-refractivity contribution in [2.75, 3.05) is 38.2 Å². The van der Waals surface area contributed by atoms with Crippen molar-refractivity contribution in [2.45, 2.75) is 140 Å². The summed E-state index contributed by atoms with van der Waals surface area (Å²) in [4.78, 5) is 105. The third kappa shape index (κ3) is 23.7. The topological polar surface area (TPSA) is 285 Å². The number of rotatable bonds is 16. The number of amides is 8. The molecule has 8 amide bonds. The van der Waals surface area contributed by atoms with Crippen LogP contribution in [-0.4, -0.2) is 121 Å². The Kier molecular flexibility index (Phi) is 26.9. The van der Waals surface area contributed by atoms with Gasteiger partial charge in [0.05, 0.1) is 4.99 Å². The molecule has 1 fully saturated rings. The third-order valence-corrected chi connectivity index (χ3v) is 9.95. The maximum Gasteiger partial charge on any atom is 0.243 e. The van der Waals surface area contributed by atoms with Crippen LogP contribution in [0.5, 0.6) is 0 Å². The zero-order chi connectivity index (χ0) is 42.6. The molecule has 0 bridgehead atoms. The molecule has 57 heavy (non-hydrogen) atoms. The first kappa shape index (κ1) is 51.0. The summed E-state index contributed by atoms with van der Waals surface area (Å²) in [5, 5.41) is 22.2. The quantitative estimate of drug-likeness (QED) is 0.0681. The van der Waals surface area contributed by atoms with Gasteiger partial charge < -0.3 is 54.0 Å². The second-order valence-electron chi connectivity index (χ2n) is 14.1. The second kappa shape index (κ2) is 30.1. The predicted molar refractivity (Wildman–Crippen MR) is 224 cm³/mol. The summed E-state index contributed by atoms with van der Waals surface area (Å²) >= 11 is 6.57. The lowest BCUT2D eigenvalue weighted by molar-refractivity contribution is -0.135. The van der Waals surface area contributed by atoms with E-state index < -0.39 is 65.7 Å². The molecular weight excluding hydrogens is 777 g/mol. The van der Waals surface area contributed by atoms with Crippen LogP contribution < -0.4 is 54.0 Å². The maximum atomic E-state index is 14.0. The molecule has 20 heteroatoms. The molecule has 0 unspecified atom stereocenters. The van der Waals surface area contributed by atoms with E-state index in [-0.39, 0.29) is 63.3 Å². The van der Waals surface area contributed by atoms with Gasteiger partial charge in [-0.1, -0.05) is 12.2 Å². The van der Waals surface area contributed by atoms with Crippen molar-refractivity contribution < 1.29 is 38.4 Å². The van der Waals surface area contributed by atoms with Gasteiger partial charge in [0.25, 0.3) is 0 Å². The first-order valence-electron chi connectivity index (χ1n) is 19.9. The molecule has 324 valence electrons. The predicted octanol–water partition coefficient (Wildman–Crippen LogP) is -0.728.